The van der Waals surface area contributed by atoms with E-state index in [0.29, 0.717) is 26.1 Å². The number of hydrogen-bond acceptors (Lipinski definition) is 3. The molecule has 5 heteroatoms. The van der Waals surface area contributed by atoms with Gasteiger partial charge in [-0.2, -0.15) is 0 Å². The molecule has 1 aliphatic heterocycles. The Bertz CT molecular complexity index is 484. The number of ether oxygens (including phenoxy) is 1. The molecule has 0 unspecified atom stereocenters. The molecule has 1 aromatic carbocycles. The number of benzene rings is 1. The van der Waals surface area contributed by atoms with Crippen molar-refractivity contribution in [3.05, 3.63) is 35.9 Å². The first kappa shape index (κ1) is 20.7. The zero-order valence-corrected chi connectivity index (χ0v) is 13.8. The molecule has 5 nitrogen and oxygen atoms in total. The van der Waals surface area contributed by atoms with Crippen LogP contribution in [-0.4, -0.2) is 48.7 Å². The molecule has 0 aliphatic carbocycles. The highest BCUT2D eigenvalue weighted by molar-refractivity contribution is 5.98. The van der Waals surface area contributed by atoms with E-state index in [1.807, 2.05) is 6.07 Å². The highest BCUT2D eigenvalue weighted by Gasteiger charge is 2.36. The van der Waals surface area contributed by atoms with Crippen molar-refractivity contribution in [2.45, 2.75) is 19.8 Å². The van der Waals surface area contributed by atoms with Crippen molar-refractivity contribution >= 4 is 11.9 Å². The Morgan fingerprint density at radius 3 is 2.35 bits per heavy atom. The lowest BCUT2D eigenvalue weighted by Gasteiger charge is -2.14. The molecule has 1 amide bonds. The molecule has 1 aliphatic rings. The van der Waals surface area contributed by atoms with Crippen LogP contribution in [0, 0.1) is 18.8 Å². The number of terminal acetylenes is 1. The van der Waals surface area contributed by atoms with Crippen LogP contribution in [0.2, 0.25) is 0 Å². The molecule has 2 rings (SSSR count). The van der Waals surface area contributed by atoms with Crippen LogP contribution in [-0.2, 0) is 20.7 Å². The molecule has 1 N–H and O–H groups in total. The second kappa shape index (κ2) is 12.2. The van der Waals surface area contributed by atoms with Crippen molar-refractivity contribution in [2.24, 2.45) is 5.92 Å². The standard InChI is InChI=1S/C8H13NO4.C8H10.C2H2/c1-13-5-4-9-3-2-6(7(9)10)8(11)12;1-2-8-6-4-3-5-7-8;1-2/h6H,2-5H2,1H3,(H,11,12);3-7H,2H2,1H3;1-2H/t6-;;/m0../s1. The van der Waals surface area contributed by atoms with Crippen molar-refractivity contribution in [1.82, 2.24) is 4.90 Å². The number of amides is 1. The van der Waals surface area contributed by atoms with Crippen LogP contribution in [0.15, 0.2) is 30.3 Å². The van der Waals surface area contributed by atoms with E-state index in [-0.39, 0.29) is 5.91 Å². The number of methoxy groups -OCH3 is 1. The molecule has 1 atom stereocenters. The number of aryl methyl sites for hydroxylation is 1. The Kier molecular flexibility index (Phi) is 11.0. The van der Waals surface area contributed by atoms with E-state index in [9.17, 15) is 9.59 Å². The van der Waals surface area contributed by atoms with Crippen LogP contribution in [0.4, 0.5) is 0 Å². The molecule has 1 fully saturated rings. The summed E-state index contributed by atoms with van der Waals surface area (Å²) >= 11 is 0. The van der Waals surface area contributed by atoms with Gasteiger partial charge in [-0.1, -0.05) is 37.3 Å². The van der Waals surface area contributed by atoms with Crippen molar-refractivity contribution in [3.63, 3.8) is 0 Å². The number of nitrogens with zero attached hydrogens (tertiary/aromatic N) is 1. The lowest BCUT2D eigenvalue weighted by atomic mass is 10.1. The second-order valence-electron chi connectivity index (χ2n) is 4.84. The van der Waals surface area contributed by atoms with Gasteiger partial charge in [0.1, 0.15) is 5.92 Å². The first-order valence-corrected chi connectivity index (χ1v) is 7.48. The molecule has 0 spiro atoms. The Labute approximate surface area is 138 Å². The van der Waals surface area contributed by atoms with Gasteiger partial charge in [-0.3, -0.25) is 9.59 Å². The predicted molar refractivity (Wildman–Crippen MR) is 89.9 cm³/mol. The molecule has 0 saturated carbocycles. The normalized spacial score (nSPS) is 15.9. The van der Waals surface area contributed by atoms with Crippen molar-refractivity contribution < 1.29 is 19.4 Å². The number of carboxylic acid groups (broad SMARTS) is 1. The molecule has 0 radical (unpaired) electrons. The lowest BCUT2D eigenvalue weighted by molar-refractivity contribution is -0.147. The van der Waals surface area contributed by atoms with Gasteiger partial charge in [0.2, 0.25) is 5.91 Å². The number of aliphatic carboxylic acids is 1. The second-order valence-corrected chi connectivity index (χ2v) is 4.84. The topological polar surface area (TPSA) is 66.8 Å². The summed E-state index contributed by atoms with van der Waals surface area (Å²) in [6.07, 6.45) is 9.55. The summed E-state index contributed by atoms with van der Waals surface area (Å²) in [6, 6.07) is 10.5. The van der Waals surface area contributed by atoms with Crippen LogP contribution in [0.5, 0.6) is 0 Å². The molecule has 23 heavy (non-hydrogen) atoms. The van der Waals surface area contributed by atoms with Crippen LogP contribution in [0.1, 0.15) is 18.9 Å². The Balaban J connectivity index is 0.000000414. The third-order valence-corrected chi connectivity index (χ3v) is 3.41. The number of carbonyl (C=O) groups excluding carboxylic acids is 1. The number of rotatable bonds is 5. The Morgan fingerprint density at radius 1 is 1.35 bits per heavy atom. The van der Waals surface area contributed by atoms with Crippen LogP contribution in [0.3, 0.4) is 0 Å². The van der Waals surface area contributed by atoms with E-state index >= 15 is 0 Å². The number of carbonyl (C=O) groups is 2. The van der Waals surface area contributed by atoms with Gasteiger partial charge in [0.25, 0.3) is 0 Å². The zero-order valence-electron chi connectivity index (χ0n) is 13.8. The molecule has 1 saturated heterocycles. The fourth-order valence-electron chi connectivity index (χ4n) is 2.11. The molecule has 0 bridgehead atoms. The first-order valence-electron chi connectivity index (χ1n) is 7.48. The minimum Gasteiger partial charge on any atom is -0.481 e. The maximum Gasteiger partial charge on any atom is 0.316 e. The van der Waals surface area contributed by atoms with E-state index in [1.54, 1.807) is 7.11 Å². The quantitative estimate of drug-likeness (QED) is 0.666. The van der Waals surface area contributed by atoms with Gasteiger partial charge < -0.3 is 14.7 Å². The molecule has 1 heterocycles. The average Bonchev–Trinajstić information content (AvgIpc) is 2.97. The molecule has 0 aromatic heterocycles. The van der Waals surface area contributed by atoms with Crippen LogP contribution < -0.4 is 0 Å². The summed E-state index contributed by atoms with van der Waals surface area (Å²) in [5.41, 5.74) is 1.41. The van der Waals surface area contributed by atoms with Crippen molar-refractivity contribution in [2.75, 3.05) is 26.8 Å². The van der Waals surface area contributed by atoms with E-state index < -0.39 is 11.9 Å². The third-order valence-electron chi connectivity index (χ3n) is 3.41. The maximum atomic E-state index is 11.3. The van der Waals surface area contributed by atoms with Crippen LogP contribution >= 0.6 is 0 Å². The zero-order chi connectivity index (χ0) is 17.7. The van der Waals surface area contributed by atoms with E-state index in [2.05, 4.69) is 44.0 Å². The minimum absolute atomic E-state index is 0.287. The van der Waals surface area contributed by atoms with Gasteiger partial charge in [0.05, 0.1) is 6.61 Å². The summed E-state index contributed by atoms with van der Waals surface area (Å²) in [6.45, 7) is 3.63. The van der Waals surface area contributed by atoms with Gasteiger partial charge >= 0.3 is 5.97 Å². The predicted octanol–water partition coefficient (Wildman–Crippen LogP) is 2.06. The smallest absolute Gasteiger partial charge is 0.316 e. The van der Waals surface area contributed by atoms with Gasteiger partial charge in [0, 0.05) is 20.2 Å². The van der Waals surface area contributed by atoms with E-state index in [0.717, 1.165) is 6.42 Å². The largest absolute Gasteiger partial charge is 0.481 e. The minimum atomic E-state index is -1.02. The van der Waals surface area contributed by atoms with Gasteiger partial charge in [0.15, 0.2) is 0 Å². The van der Waals surface area contributed by atoms with Crippen LogP contribution in [0.25, 0.3) is 0 Å². The first-order chi connectivity index (χ1) is 11.1. The molecular weight excluding hydrogens is 294 g/mol. The summed E-state index contributed by atoms with van der Waals surface area (Å²) in [7, 11) is 1.55. The Hall–Kier alpha value is -2.32. The van der Waals surface area contributed by atoms with Gasteiger partial charge in [-0.05, 0) is 18.4 Å². The SMILES string of the molecule is C#C.CCc1ccccc1.COCCN1CC[C@H](C(=O)O)C1=O. The highest BCUT2D eigenvalue weighted by atomic mass is 16.5. The summed E-state index contributed by atoms with van der Waals surface area (Å²) in [5, 5.41) is 8.65. The average molecular weight is 319 g/mol. The number of hydrogen-bond donors (Lipinski definition) is 1. The van der Waals surface area contributed by atoms with Gasteiger partial charge in [-0.15, -0.1) is 12.8 Å². The molecule has 1 aromatic rings. The highest BCUT2D eigenvalue weighted by Crippen LogP contribution is 2.17. The van der Waals surface area contributed by atoms with E-state index in [4.69, 9.17) is 9.84 Å². The van der Waals surface area contributed by atoms with Crippen molar-refractivity contribution in [3.8, 4) is 12.8 Å². The number of carboxylic acids is 1. The summed E-state index contributed by atoms with van der Waals surface area (Å²) in [4.78, 5) is 23.4. The van der Waals surface area contributed by atoms with E-state index in [1.165, 1.54) is 10.5 Å². The maximum absolute atomic E-state index is 11.3. The fraction of sp³-hybridized carbons (Fsp3) is 0.444. The fourth-order valence-corrected chi connectivity index (χ4v) is 2.11. The monoisotopic (exact) mass is 319 g/mol. The molecule has 126 valence electrons. The third kappa shape index (κ3) is 7.48. The van der Waals surface area contributed by atoms with Crippen molar-refractivity contribution in [1.29, 1.82) is 0 Å². The summed E-state index contributed by atoms with van der Waals surface area (Å²) in [5.74, 6) is -2.15. The summed E-state index contributed by atoms with van der Waals surface area (Å²) < 4.78 is 4.81. The lowest BCUT2D eigenvalue weighted by Crippen LogP contribution is -2.32. The Morgan fingerprint density at radius 2 is 1.96 bits per heavy atom. The molecular formula is C18H25NO4. The van der Waals surface area contributed by atoms with Gasteiger partial charge in [-0.25, -0.2) is 0 Å². The number of likely N-dealkylation sites (tertiary alicyclic amines) is 1.